The Morgan fingerprint density at radius 3 is 2.47 bits per heavy atom. The number of hydrogen-bond donors (Lipinski definition) is 1. The van der Waals surface area contributed by atoms with E-state index >= 15 is 0 Å². The van der Waals surface area contributed by atoms with E-state index in [4.69, 9.17) is 16.0 Å². The fraction of sp³-hybridized carbons (Fsp3) is 0.286. The van der Waals surface area contributed by atoms with Crippen molar-refractivity contribution in [2.24, 2.45) is 0 Å². The van der Waals surface area contributed by atoms with E-state index in [0.717, 1.165) is 16.9 Å². The molecule has 0 aliphatic rings. The van der Waals surface area contributed by atoms with E-state index in [2.05, 4.69) is 10.3 Å². The maximum absolute atomic E-state index is 12.2. The van der Waals surface area contributed by atoms with Gasteiger partial charge in [-0.2, -0.15) is 0 Å². The minimum absolute atomic E-state index is 0.199. The van der Waals surface area contributed by atoms with Gasteiger partial charge in [0.15, 0.2) is 0 Å². The summed E-state index contributed by atoms with van der Waals surface area (Å²) in [4.78, 5) is 16.2. The van der Waals surface area contributed by atoms with Crippen LogP contribution in [0.2, 0.25) is 5.15 Å². The molecule has 1 N–H and O–H groups in total. The molecule has 100 valence electrons. The number of anilines is 1. The van der Waals surface area contributed by atoms with Crippen molar-refractivity contribution < 1.29 is 9.21 Å². The molecule has 0 spiro atoms. The number of aromatic nitrogens is 1. The molecular formula is C14H15ClN2O2. The van der Waals surface area contributed by atoms with Crippen LogP contribution in [0.1, 0.15) is 33.0 Å². The van der Waals surface area contributed by atoms with Crippen LogP contribution in [0.5, 0.6) is 0 Å². The average molecular weight is 279 g/mol. The van der Waals surface area contributed by atoms with Gasteiger partial charge in [0.05, 0.1) is 17.4 Å². The Kier molecular flexibility index (Phi) is 3.62. The lowest BCUT2D eigenvalue weighted by Crippen LogP contribution is -2.13. The molecule has 2 rings (SSSR count). The molecule has 0 aliphatic carbocycles. The van der Waals surface area contributed by atoms with Gasteiger partial charge < -0.3 is 9.73 Å². The summed E-state index contributed by atoms with van der Waals surface area (Å²) in [5.74, 6) is 1.18. The Labute approximate surface area is 116 Å². The number of carbonyl (C=O) groups excluding carboxylic acids is 1. The summed E-state index contributed by atoms with van der Waals surface area (Å²) in [5, 5.41) is 3.24. The highest BCUT2D eigenvalue weighted by molar-refractivity contribution is 6.30. The van der Waals surface area contributed by atoms with E-state index in [0.29, 0.717) is 22.2 Å². The maximum Gasteiger partial charge on any atom is 0.259 e. The number of rotatable bonds is 2. The normalized spacial score (nSPS) is 10.6. The van der Waals surface area contributed by atoms with Gasteiger partial charge in [0.1, 0.15) is 16.7 Å². The Hall–Kier alpha value is -1.81. The van der Waals surface area contributed by atoms with E-state index in [1.54, 1.807) is 13.0 Å². The van der Waals surface area contributed by atoms with Crippen LogP contribution in [0, 0.1) is 27.7 Å². The van der Waals surface area contributed by atoms with Crippen LogP contribution in [0.15, 0.2) is 16.7 Å². The number of nitrogens with one attached hydrogen (secondary N) is 1. The van der Waals surface area contributed by atoms with Crippen molar-refractivity contribution in [3.8, 4) is 0 Å². The standard InChI is InChI=1S/C14H15ClN2O2/c1-7-5-11(6-16-13(7)15)17-14(18)12-8(2)9(3)19-10(12)4/h5-6H,1-4H3,(H,17,18). The lowest BCUT2D eigenvalue weighted by Gasteiger charge is -2.06. The summed E-state index contributed by atoms with van der Waals surface area (Å²) < 4.78 is 5.45. The highest BCUT2D eigenvalue weighted by Gasteiger charge is 2.18. The van der Waals surface area contributed by atoms with Gasteiger partial charge in [0.25, 0.3) is 5.91 Å². The molecule has 0 saturated heterocycles. The van der Waals surface area contributed by atoms with Crippen LogP contribution in [-0.2, 0) is 0 Å². The van der Waals surface area contributed by atoms with Gasteiger partial charge in [-0.15, -0.1) is 0 Å². The number of amides is 1. The number of aryl methyl sites for hydroxylation is 3. The van der Waals surface area contributed by atoms with Crippen LogP contribution in [0.25, 0.3) is 0 Å². The van der Waals surface area contributed by atoms with E-state index in [9.17, 15) is 4.79 Å². The molecule has 4 nitrogen and oxygen atoms in total. The van der Waals surface area contributed by atoms with E-state index < -0.39 is 0 Å². The quantitative estimate of drug-likeness (QED) is 0.850. The summed E-state index contributed by atoms with van der Waals surface area (Å²) >= 11 is 5.85. The highest BCUT2D eigenvalue weighted by atomic mass is 35.5. The molecule has 0 fully saturated rings. The van der Waals surface area contributed by atoms with Crippen molar-refractivity contribution in [2.45, 2.75) is 27.7 Å². The fourth-order valence-electron chi connectivity index (χ4n) is 1.95. The molecule has 0 bridgehead atoms. The summed E-state index contributed by atoms with van der Waals surface area (Å²) in [6.45, 7) is 7.32. The zero-order chi connectivity index (χ0) is 14.2. The molecule has 2 heterocycles. The number of carbonyl (C=O) groups is 1. The number of nitrogens with zero attached hydrogens (tertiary/aromatic N) is 1. The zero-order valence-electron chi connectivity index (χ0n) is 11.3. The topological polar surface area (TPSA) is 55.1 Å². The molecule has 0 aliphatic heterocycles. The molecule has 2 aromatic heterocycles. The molecule has 0 radical (unpaired) electrons. The predicted octanol–water partition coefficient (Wildman–Crippen LogP) is 3.81. The Bertz CT molecular complexity index is 647. The second kappa shape index (κ2) is 5.05. The first kappa shape index (κ1) is 13.6. The van der Waals surface area contributed by atoms with Crippen molar-refractivity contribution in [3.05, 3.63) is 45.6 Å². The number of furan rings is 1. The molecule has 0 aromatic carbocycles. The largest absolute Gasteiger partial charge is 0.466 e. The molecule has 2 aromatic rings. The van der Waals surface area contributed by atoms with E-state index in [1.807, 2.05) is 20.8 Å². The SMILES string of the molecule is Cc1cc(NC(=O)c2c(C)oc(C)c2C)cnc1Cl. The van der Waals surface area contributed by atoms with Gasteiger partial charge in [-0.3, -0.25) is 4.79 Å². The van der Waals surface area contributed by atoms with Crippen molar-refractivity contribution in [2.75, 3.05) is 5.32 Å². The lowest BCUT2D eigenvalue weighted by atomic mass is 10.1. The Morgan fingerprint density at radius 2 is 1.95 bits per heavy atom. The van der Waals surface area contributed by atoms with Gasteiger partial charge in [-0.25, -0.2) is 4.98 Å². The third kappa shape index (κ3) is 2.63. The summed E-state index contributed by atoms with van der Waals surface area (Å²) in [7, 11) is 0. The highest BCUT2D eigenvalue weighted by Crippen LogP contribution is 2.22. The minimum atomic E-state index is -0.199. The smallest absolute Gasteiger partial charge is 0.259 e. The van der Waals surface area contributed by atoms with Gasteiger partial charge in [0, 0.05) is 5.56 Å². The van der Waals surface area contributed by atoms with Crippen LogP contribution >= 0.6 is 11.6 Å². The first-order valence-corrected chi connectivity index (χ1v) is 6.28. The average Bonchev–Trinajstić information content (AvgIpc) is 2.58. The van der Waals surface area contributed by atoms with E-state index in [1.165, 1.54) is 6.20 Å². The minimum Gasteiger partial charge on any atom is -0.466 e. The van der Waals surface area contributed by atoms with Gasteiger partial charge in [-0.1, -0.05) is 11.6 Å². The van der Waals surface area contributed by atoms with Crippen molar-refractivity contribution in [1.29, 1.82) is 0 Å². The fourth-order valence-corrected chi connectivity index (χ4v) is 2.05. The maximum atomic E-state index is 12.2. The number of hydrogen-bond acceptors (Lipinski definition) is 3. The van der Waals surface area contributed by atoms with Gasteiger partial charge in [0.2, 0.25) is 0 Å². The van der Waals surface area contributed by atoms with Crippen molar-refractivity contribution in [1.82, 2.24) is 4.98 Å². The number of halogens is 1. The van der Waals surface area contributed by atoms with Gasteiger partial charge in [-0.05, 0) is 39.3 Å². The number of pyridine rings is 1. The first-order valence-electron chi connectivity index (χ1n) is 5.90. The second-order valence-electron chi connectivity index (χ2n) is 4.50. The summed E-state index contributed by atoms with van der Waals surface area (Å²) in [5.41, 5.74) is 2.86. The molecule has 5 heteroatoms. The Balaban J connectivity index is 2.28. The molecular weight excluding hydrogens is 264 g/mol. The third-order valence-corrected chi connectivity index (χ3v) is 3.46. The third-order valence-electron chi connectivity index (χ3n) is 3.06. The molecule has 19 heavy (non-hydrogen) atoms. The predicted molar refractivity (Wildman–Crippen MR) is 74.9 cm³/mol. The van der Waals surface area contributed by atoms with Crippen molar-refractivity contribution >= 4 is 23.2 Å². The van der Waals surface area contributed by atoms with Crippen LogP contribution in [-0.4, -0.2) is 10.9 Å². The van der Waals surface area contributed by atoms with Crippen molar-refractivity contribution in [3.63, 3.8) is 0 Å². The van der Waals surface area contributed by atoms with Gasteiger partial charge >= 0.3 is 0 Å². The summed E-state index contributed by atoms with van der Waals surface area (Å²) in [6.07, 6.45) is 1.53. The van der Waals surface area contributed by atoms with E-state index in [-0.39, 0.29) is 5.91 Å². The summed E-state index contributed by atoms with van der Waals surface area (Å²) in [6, 6.07) is 1.78. The second-order valence-corrected chi connectivity index (χ2v) is 4.86. The first-order chi connectivity index (χ1) is 8.90. The van der Waals surface area contributed by atoms with Crippen LogP contribution in [0.4, 0.5) is 5.69 Å². The van der Waals surface area contributed by atoms with Crippen LogP contribution in [0.3, 0.4) is 0 Å². The Morgan fingerprint density at radius 1 is 1.26 bits per heavy atom. The lowest BCUT2D eigenvalue weighted by molar-refractivity contribution is 0.102. The molecule has 0 unspecified atom stereocenters. The zero-order valence-corrected chi connectivity index (χ0v) is 12.1. The molecule has 0 atom stereocenters. The molecule has 1 amide bonds. The van der Waals surface area contributed by atoms with Crippen LogP contribution < -0.4 is 5.32 Å². The monoisotopic (exact) mass is 278 g/mol. The molecule has 0 saturated carbocycles.